The standard InChI is InChI=1S/C18H23N3O3S/c1-12-8-21(9-13(2)24-12)10-15-11-25-18(19-15)20-17(22)14-5-4-6-16(7-14)23-3/h4-7,11-13H,8-10H2,1-3H3,(H,19,20,22)/t12-,13-/m1/s1. The molecule has 0 spiro atoms. The molecule has 2 atom stereocenters. The van der Waals surface area contributed by atoms with E-state index in [2.05, 4.69) is 29.0 Å². The number of anilines is 1. The Morgan fingerprint density at radius 2 is 2.16 bits per heavy atom. The first-order valence-electron chi connectivity index (χ1n) is 8.31. The summed E-state index contributed by atoms with van der Waals surface area (Å²) in [5.74, 6) is 0.469. The maximum Gasteiger partial charge on any atom is 0.257 e. The molecule has 0 aliphatic carbocycles. The number of carbonyl (C=O) groups is 1. The van der Waals surface area contributed by atoms with Crippen molar-refractivity contribution in [2.75, 3.05) is 25.5 Å². The third-order valence-corrected chi connectivity index (χ3v) is 4.79. The van der Waals surface area contributed by atoms with Gasteiger partial charge in [-0.3, -0.25) is 15.0 Å². The van der Waals surface area contributed by atoms with Crippen molar-refractivity contribution in [2.45, 2.75) is 32.6 Å². The van der Waals surface area contributed by atoms with E-state index in [1.54, 1.807) is 25.3 Å². The molecule has 7 heteroatoms. The Labute approximate surface area is 151 Å². The Morgan fingerprint density at radius 1 is 1.40 bits per heavy atom. The van der Waals surface area contributed by atoms with Gasteiger partial charge in [0.25, 0.3) is 5.91 Å². The number of nitrogens with zero attached hydrogens (tertiary/aromatic N) is 2. The highest BCUT2D eigenvalue weighted by atomic mass is 32.1. The molecule has 25 heavy (non-hydrogen) atoms. The molecule has 1 amide bonds. The number of hydrogen-bond acceptors (Lipinski definition) is 6. The van der Waals surface area contributed by atoms with Gasteiger partial charge in [-0.2, -0.15) is 0 Å². The molecular weight excluding hydrogens is 338 g/mol. The van der Waals surface area contributed by atoms with E-state index in [9.17, 15) is 4.79 Å². The monoisotopic (exact) mass is 361 g/mol. The fourth-order valence-electron chi connectivity index (χ4n) is 3.01. The van der Waals surface area contributed by atoms with Gasteiger partial charge in [0.15, 0.2) is 5.13 Å². The van der Waals surface area contributed by atoms with Gasteiger partial charge >= 0.3 is 0 Å². The smallest absolute Gasteiger partial charge is 0.257 e. The van der Waals surface area contributed by atoms with Crippen LogP contribution in [0.25, 0.3) is 0 Å². The van der Waals surface area contributed by atoms with Crippen LogP contribution in [0.15, 0.2) is 29.6 Å². The Balaban J connectivity index is 1.60. The van der Waals surface area contributed by atoms with E-state index < -0.39 is 0 Å². The predicted molar refractivity (Wildman–Crippen MR) is 98.3 cm³/mol. The summed E-state index contributed by atoms with van der Waals surface area (Å²) in [7, 11) is 1.58. The summed E-state index contributed by atoms with van der Waals surface area (Å²) in [5.41, 5.74) is 1.51. The number of methoxy groups -OCH3 is 1. The van der Waals surface area contributed by atoms with Crippen molar-refractivity contribution in [3.63, 3.8) is 0 Å². The van der Waals surface area contributed by atoms with Crippen LogP contribution in [0.2, 0.25) is 0 Å². The van der Waals surface area contributed by atoms with Crippen molar-refractivity contribution >= 4 is 22.4 Å². The highest BCUT2D eigenvalue weighted by Crippen LogP contribution is 2.20. The lowest BCUT2D eigenvalue weighted by atomic mass is 10.2. The number of ether oxygens (including phenoxy) is 2. The molecule has 1 fully saturated rings. The lowest BCUT2D eigenvalue weighted by Gasteiger charge is -2.34. The Hall–Kier alpha value is -1.96. The van der Waals surface area contributed by atoms with Crippen LogP contribution in [0.5, 0.6) is 5.75 Å². The Bertz CT molecular complexity index is 724. The first kappa shape index (κ1) is 17.8. The normalized spacial score (nSPS) is 21.1. The van der Waals surface area contributed by atoms with Crippen molar-refractivity contribution in [2.24, 2.45) is 0 Å². The highest BCUT2D eigenvalue weighted by molar-refractivity contribution is 7.13. The van der Waals surface area contributed by atoms with Gasteiger partial charge in [-0.25, -0.2) is 4.98 Å². The molecule has 1 N–H and O–H groups in total. The number of benzene rings is 1. The minimum absolute atomic E-state index is 0.187. The second-order valence-corrected chi connectivity index (χ2v) is 7.14. The van der Waals surface area contributed by atoms with Crippen molar-refractivity contribution in [3.8, 4) is 5.75 Å². The number of aromatic nitrogens is 1. The van der Waals surface area contributed by atoms with Crippen LogP contribution in [0.1, 0.15) is 29.9 Å². The molecular formula is C18H23N3O3S. The minimum Gasteiger partial charge on any atom is -0.497 e. The van der Waals surface area contributed by atoms with E-state index in [1.807, 2.05) is 11.4 Å². The van der Waals surface area contributed by atoms with Gasteiger partial charge in [0.1, 0.15) is 5.75 Å². The van der Waals surface area contributed by atoms with Crippen LogP contribution in [0.3, 0.4) is 0 Å². The molecule has 1 saturated heterocycles. The Morgan fingerprint density at radius 3 is 2.88 bits per heavy atom. The number of nitrogens with one attached hydrogen (secondary N) is 1. The summed E-state index contributed by atoms with van der Waals surface area (Å²) in [5, 5.41) is 5.45. The first-order valence-corrected chi connectivity index (χ1v) is 9.19. The maximum absolute atomic E-state index is 12.3. The zero-order chi connectivity index (χ0) is 17.8. The third kappa shape index (κ3) is 4.78. The van der Waals surface area contributed by atoms with Gasteiger partial charge in [0.05, 0.1) is 25.0 Å². The van der Waals surface area contributed by atoms with Gasteiger partial charge in [0.2, 0.25) is 0 Å². The maximum atomic E-state index is 12.3. The van der Waals surface area contributed by atoms with E-state index >= 15 is 0 Å². The third-order valence-electron chi connectivity index (χ3n) is 3.98. The van der Waals surface area contributed by atoms with Crippen molar-refractivity contribution < 1.29 is 14.3 Å². The van der Waals surface area contributed by atoms with Crippen molar-refractivity contribution in [1.82, 2.24) is 9.88 Å². The summed E-state index contributed by atoms with van der Waals surface area (Å²) in [6.45, 7) is 6.73. The molecule has 3 rings (SSSR count). The number of amides is 1. The number of thiazole rings is 1. The van der Waals surface area contributed by atoms with E-state index in [0.717, 1.165) is 25.3 Å². The molecule has 0 bridgehead atoms. The van der Waals surface area contributed by atoms with Crippen LogP contribution in [-0.4, -0.2) is 48.2 Å². The molecule has 1 aromatic heterocycles. The number of rotatable bonds is 5. The zero-order valence-electron chi connectivity index (χ0n) is 14.7. The van der Waals surface area contributed by atoms with Gasteiger partial charge in [-0.15, -0.1) is 11.3 Å². The van der Waals surface area contributed by atoms with Crippen LogP contribution in [0, 0.1) is 0 Å². The predicted octanol–water partition coefficient (Wildman–Crippen LogP) is 3.01. The fraction of sp³-hybridized carbons (Fsp3) is 0.444. The second kappa shape index (κ2) is 7.95. The highest BCUT2D eigenvalue weighted by Gasteiger charge is 2.22. The van der Waals surface area contributed by atoms with E-state index in [-0.39, 0.29) is 18.1 Å². The number of carbonyl (C=O) groups excluding carboxylic acids is 1. The average Bonchev–Trinajstić information content (AvgIpc) is 3.00. The van der Waals surface area contributed by atoms with Gasteiger partial charge in [-0.1, -0.05) is 6.07 Å². The van der Waals surface area contributed by atoms with E-state index in [0.29, 0.717) is 16.4 Å². The second-order valence-electron chi connectivity index (χ2n) is 6.28. The van der Waals surface area contributed by atoms with Crippen molar-refractivity contribution in [3.05, 3.63) is 40.9 Å². The summed E-state index contributed by atoms with van der Waals surface area (Å²) in [4.78, 5) is 19.2. The summed E-state index contributed by atoms with van der Waals surface area (Å²) in [6, 6.07) is 7.06. The number of hydrogen-bond donors (Lipinski definition) is 1. The van der Waals surface area contributed by atoms with Gasteiger partial charge in [-0.05, 0) is 32.0 Å². The van der Waals surface area contributed by atoms with E-state index in [4.69, 9.17) is 9.47 Å². The molecule has 0 unspecified atom stereocenters. The van der Waals surface area contributed by atoms with Gasteiger partial charge < -0.3 is 9.47 Å². The quantitative estimate of drug-likeness (QED) is 0.887. The van der Waals surface area contributed by atoms with E-state index in [1.165, 1.54) is 11.3 Å². The first-order chi connectivity index (χ1) is 12.0. The molecule has 2 heterocycles. The fourth-order valence-corrected chi connectivity index (χ4v) is 3.71. The Kier molecular flexibility index (Phi) is 5.67. The molecule has 6 nitrogen and oxygen atoms in total. The molecule has 1 aliphatic heterocycles. The molecule has 0 radical (unpaired) electrons. The molecule has 134 valence electrons. The minimum atomic E-state index is -0.187. The largest absolute Gasteiger partial charge is 0.497 e. The zero-order valence-corrected chi connectivity index (χ0v) is 15.5. The van der Waals surface area contributed by atoms with Crippen LogP contribution < -0.4 is 10.1 Å². The summed E-state index contributed by atoms with van der Waals surface area (Å²) < 4.78 is 10.9. The number of morpholine rings is 1. The lowest BCUT2D eigenvalue weighted by molar-refractivity contribution is -0.0707. The summed E-state index contributed by atoms with van der Waals surface area (Å²) >= 11 is 1.44. The van der Waals surface area contributed by atoms with Crippen molar-refractivity contribution in [1.29, 1.82) is 0 Å². The molecule has 1 aliphatic rings. The van der Waals surface area contributed by atoms with Crippen LogP contribution >= 0.6 is 11.3 Å². The van der Waals surface area contributed by atoms with Crippen LogP contribution in [0.4, 0.5) is 5.13 Å². The SMILES string of the molecule is COc1cccc(C(=O)Nc2nc(CN3C[C@@H](C)O[C@H](C)C3)cs2)c1. The van der Waals surface area contributed by atoms with Crippen LogP contribution in [-0.2, 0) is 11.3 Å². The molecule has 0 saturated carbocycles. The molecule has 1 aromatic carbocycles. The molecule has 2 aromatic rings. The summed E-state index contributed by atoms with van der Waals surface area (Å²) in [6.07, 6.45) is 0.462. The van der Waals surface area contributed by atoms with Gasteiger partial charge in [0, 0.05) is 30.6 Å². The average molecular weight is 361 g/mol. The lowest BCUT2D eigenvalue weighted by Crippen LogP contribution is -2.44. The topological polar surface area (TPSA) is 63.7 Å².